The molecule has 7 heteroatoms. The number of benzene rings is 3. The average Bonchev–Trinajstić information content (AvgIpc) is 2.74. The molecule has 0 aliphatic rings. The summed E-state index contributed by atoms with van der Waals surface area (Å²) in [7, 11) is 0. The Hall–Kier alpha value is -2.15. The fraction of sp³-hybridized carbons (Fsp3) is 0.250. The Morgan fingerprint density at radius 2 is 1.74 bits per heavy atom. The van der Waals surface area contributed by atoms with E-state index in [1.54, 1.807) is 24.3 Å². The van der Waals surface area contributed by atoms with Gasteiger partial charge < -0.3 is 14.8 Å². The minimum Gasteiger partial charge on any atom is -0.490 e. The summed E-state index contributed by atoms with van der Waals surface area (Å²) in [5.41, 5.74) is 2.37. The molecule has 0 aliphatic heterocycles. The van der Waals surface area contributed by atoms with Crippen LogP contribution < -0.4 is 14.8 Å². The van der Waals surface area contributed by atoms with Gasteiger partial charge in [-0.1, -0.05) is 45.7 Å². The van der Waals surface area contributed by atoms with Crippen LogP contribution in [0.3, 0.4) is 0 Å². The minimum absolute atomic E-state index is 0.00666. The van der Waals surface area contributed by atoms with Crippen LogP contribution in [0.1, 0.15) is 23.6 Å². The molecule has 0 aromatic heterocycles. The third kappa shape index (κ3) is 6.66. The fourth-order valence-electron chi connectivity index (χ4n) is 3.02. The Balaban J connectivity index is 1.64. The lowest BCUT2D eigenvalue weighted by atomic mass is 10.1. The highest BCUT2D eigenvalue weighted by Crippen LogP contribution is 2.35. The van der Waals surface area contributed by atoms with Crippen LogP contribution in [-0.4, -0.2) is 13.2 Å². The third-order valence-electron chi connectivity index (χ3n) is 4.67. The predicted octanol–water partition coefficient (Wildman–Crippen LogP) is 6.69. The van der Waals surface area contributed by atoms with Crippen molar-refractivity contribution < 1.29 is 18.3 Å². The summed E-state index contributed by atoms with van der Waals surface area (Å²) in [5, 5.41) is 3.70. The van der Waals surface area contributed by atoms with Crippen LogP contribution in [0, 0.1) is 11.6 Å². The normalized spacial score (nSPS) is 10.9. The Bertz CT molecular complexity index is 995. The maximum Gasteiger partial charge on any atom is 0.162 e. The van der Waals surface area contributed by atoms with Gasteiger partial charge in [-0.3, -0.25) is 0 Å². The minimum atomic E-state index is -0.411. The van der Waals surface area contributed by atoms with Crippen LogP contribution in [0.25, 0.3) is 0 Å². The number of nitrogens with one attached hydrogen (secondary N) is 1. The first-order valence-corrected chi connectivity index (χ1v) is 11.1. The van der Waals surface area contributed by atoms with E-state index < -0.39 is 5.82 Å². The van der Waals surface area contributed by atoms with Gasteiger partial charge in [0.1, 0.15) is 18.2 Å². The molecule has 0 spiro atoms. The van der Waals surface area contributed by atoms with Gasteiger partial charge in [-0.05, 0) is 67.4 Å². The zero-order chi connectivity index (χ0) is 22.2. The molecule has 31 heavy (non-hydrogen) atoms. The summed E-state index contributed by atoms with van der Waals surface area (Å²) >= 11 is 9.66. The summed E-state index contributed by atoms with van der Waals surface area (Å²) in [5.74, 6) is 0.437. The molecular formula is C24H23BrClF2NO2. The van der Waals surface area contributed by atoms with E-state index in [1.807, 2.05) is 19.1 Å². The van der Waals surface area contributed by atoms with Crippen LogP contribution in [-0.2, 0) is 19.6 Å². The summed E-state index contributed by atoms with van der Waals surface area (Å²) in [6.45, 7) is 3.71. The molecule has 1 N–H and O–H groups in total. The van der Waals surface area contributed by atoms with Crippen LogP contribution in [0.4, 0.5) is 8.78 Å². The summed E-state index contributed by atoms with van der Waals surface area (Å²) in [6, 6.07) is 14.8. The van der Waals surface area contributed by atoms with E-state index in [-0.39, 0.29) is 12.4 Å². The number of rotatable bonds is 10. The number of halogens is 4. The van der Waals surface area contributed by atoms with Crippen molar-refractivity contribution >= 4 is 27.5 Å². The average molecular weight is 511 g/mol. The van der Waals surface area contributed by atoms with Crippen molar-refractivity contribution in [2.24, 2.45) is 0 Å². The standard InChI is InChI=1S/C24H23BrClF2NO2/c1-2-30-23-12-17(14-29-11-10-16-6-8-18(27)9-7-16)20(25)13-24(23)31-15-19-21(26)4-3-5-22(19)28/h3-9,12-13,29H,2,10-11,14-15H2,1H3. The van der Waals surface area contributed by atoms with Crippen molar-refractivity contribution in [3.63, 3.8) is 0 Å². The highest BCUT2D eigenvalue weighted by Gasteiger charge is 2.14. The molecule has 0 saturated heterocycles. The maximum atomic E-state index is 14.0. The van der Waals surface area contributed by atoms with Gasteiger partial charge in [0.15, 0.2) is 11.5 Å². The molecule has 164 valence electrons. The van der Waals surface area contributed by atoms with E-state index in [0.717, 1.165) is 28.6 Å². The molecule has 3 rings (SSSR count). The molecule has 0 unspecified atom stereocenters. The first-order valence-electron chi connectivity index (χ1n) is 9.94. The predicted molar refractivity (Wildman–Crippen MR) is 123 cm³/mol. The van der Waals surface area contributed by atoms with Crippen molar-refractivity contribution in [3.05, 3.63) is 92.4 Å². The van der Waals surface area contributed by atoms with Crippen molar-refractivity contribution in [1.82, 2.24) is 5.32 Å². The number of hydrogen-bond donors (Lipinski definition) is 1. The molecule has 3 nitrogen and oxygen atoms in total. The van der Waals surface area contributed by atoms with Crippen LogP contribution in [0.5, 0.6) is 11.5 Å². The molecule has 3 aromatic carbocycles. The largest absolute Gasteiger partial charge is 0.490 e. The zero-order valence-corrected chi connectivity index (χ0v) is 19.4. The molecule has 0 aliphatic carbocycles. The summed E-state index contributed by atoms with van der Waals surface area (Å²) < 4.78 is 39.4. The topological polar surface area (TPSA) is 30.5 Å². The SMILES string of the molecule is CCOc1cc(CNCCc2ccc(F)cc2)c(Br)cc1OCc1c(F)cccc1Cl. The zero-order valence-electron chi connectivity index (χ0n) is 17.1. The lowest BCUT2D eigenvalue weighted by Gasteiger charge is -2.16. The fourth-order valence-corrected chi connectivity index (χ4v) is 3.70. The van der Waals surface area contributed by atoms with E-state index in [1.165, 1.54) is 18.2 Å². The summed E-state index contributed by atoms with van der Waals surface area (Å²) in [4.78, 5) is 0. The van der Waals surface area contributed by atoms with Gasteiger partial charge >= 0.3 is 0 Å². The molecule has 0 bridgehead atoms. The molecular weight excluding hydrogens is 488 g/mol. The molecule has 0 saturated carbocycles. The van der Waals surface area contributed by atoms with Gasteiger partial charge in [-0.25, -0.2) is 8.78 Å². The highest BCUT2D eigenvalue weighted by atomic mass is 79.9. The van der Waals surface area contributed by atoms with Gasteiger partial charge in [0.05, 0.1) is 11.6 Å². The molecule has 0 radical (unpaired) electrons. The Morgan fingerprint density at radius 1 is 1.00 bits per heavy atom. The van der Waals surface area contributed by atoms with E-state index >= 15 is 0 Å². The number of hydrogen-bond acceptors (Lipinski definition) is 3. The highest BCUT2D eigenvalue weighted by molar-refractivity contribution is 9.10. The Labute approximate surface area is 194 Å². The Kier molecular flexibility index (Phi) is 8.69. The lowest BCUT2D eigenvalue weighted by molar-refractivity contribution is 0.265. The van der Waals surface area contributed by atoms with Crippen molar-refractivity contribution in [1.29, 1.82) is 0 Å². The maximum absolute atomic E-state index is 14.0. The molecule has 0 heterocycles. The van der Waals surface area contributed by atoms with Crippen molar-refractivity contribution in [2.45, 2.75) is 26.5 Å². The van der Waals surface area contributed by atoms with Gasteiger partial charge in [0.25, 0.3) is 0 Å². The van der Waals surface area contributed by atoms with Gasteiger partial charge in [-0.2, -0.15) is 0 Å². The molecule has 0 amide bonds. The van der Waals surface area contributed by atoms with E-state index in [0.29, 0.717) is 35.2 Å². The second kappa shape index (κ2) is 11.5. The summed E-state index contributed by atoms with van der Waals surface area (Å²) in [6.07, 6.45) is 0.792. The van der Waals surface area contributed by atoms with Crippen molar-refractivity contribution in [2.75, 3.05) is 13.2 Å². The second-order valence-corrected chi connectivity index (χ2v) is 8.13. The van der Waals surface area contributed by atoms with E-state index in [9.17, 15) is 8.78 Å². The molecule has 0 fully saturated rings. The smallest absolute Gasteiger partial charge is 0.162 e. The van der Waals surface area contributed by atoms with Gasteiger partial charge in [0, 0.05) is 16.6 Å². The van der Waals surface area contributed by atoms with Crippen LogP contribution in [0.15, 0.2) is 59.1 Å². The monoisotopic (exact) mass is 509 g/mol. The van der Waals surface area contributed by atoms with Gasteiger partial charge in [-0.15, -0.1) is 0 Å². The quantitative estimate of drug-likeness (QED) is 0.308. The molecule has 0 atom stereocenters. The van der Waals surface area contributed by atoms with Crippen LogP contribution in [0.2, 0.25) is 5.02 Å². The third-order valence-corrected chi connectivity index (χ3v) is 5.76. The Morgan fingerprint density at radius 3 is 2.45 bits per heavy atom. The first kappa shape index (κ1) is 23.5. The van der Waals surface area contributed by atoms with E-state index in [4.69, 9.17) is 21.1 Å². The van der Waals surface area contributed by atoms with E-state index in [2.05, 4.69) is 21.2 Å². The first-order chi connectivity index (χ1) is 15.0. The second-order valence-electron chi connectivity index (χ2n) is 6.87. The van der Waals surface area contributed by atoms with Gasteiger partial charge in [0.2, 0.25) is 0 Å². The van der Waals surface area contributed by atoms with Crippen molar-refractivity contribution in [3.8, 4) is 11.5 Å². The number of ether oxygens (including phenoxy) is 2. The lowest BCUT2D eigenvalue weighted by Crippen LogP contribution is -2.17. The molecule has 3 aromatic rings. The van der Waals surface area contributed by atoms with Crippen LogP contribution >= 0.6 is 27.5 Å².